The van der Waals surface area contributed by atoms with Crippen molar-refractivity contribution in [3.63, 3.8) is 0 Å². The molecule has 0 aliphatic rings. The van der Waals surface area contributed by atoms with Crippen molar-refractivity contribution in [1.29, 1.82) is 0 Å². The van der Waals surface area contributed by atoms with Gasteiger partial charge in [-0.25, -0.2) is 8.42 Å². The molecule has 0 saturated carbocycles. The predicted molar refractivity (Wildman–Crippen MR) is 109 cm³/mol. The van der Waals surface area contributed by atoms with Crippen molar-refractivity contribution in [3.05, 3.63) is 70.0 Å². The summed E-state index contributed by atoms with van der Waals surface area (Å²) in [5.41, 5.74) is 2.36. The average molecular weight is 384 g/mol. The van der Waals surface area contributed by atoms with Crippen LogP contribution in [0.25, 0.3) is 10.9 Å². The Balaban J connectivity index is 2.30. The van der Waals surface area contributed by atoms with Crippen LogP contribution in [0.3, 0.4) is 0 Å². The van der Waals surface area contributed by atoms with Crippen LogP contribution < -0.4 is 5.43 Å². The lowest BCUT2D eigenvalue weighted by atomic mass is 10.1. The second-order valence-electron chi connectivity index (χ2n) is 6.89. The third-order valence-electron chi connectivity index (χ3n) is 4.89. The molecule has 142 valence electrons. The minimum absolute atomic E-state index is 0.150. The number of sulfone groups is 1. The van der Waals surface area contributed by atoms with Gasteiger partial charge in [-0.05, 0) is 49.6 Å². The van der Waals surface area contributed by atoms with Gasteiger partial charge in [0, 0.05) is 18.1 Å². The number of benzene rings is 2. The lowest BCUT2D eigenvalue weighted by molar-refractivity contribution is 0.591. The van der Waals surface area contributed by atoms with Gasteiger partial charge in [-0.15, -0.1) is 0 Å². The molecule has 5 heteroatoms. The Hall–Kier alpha value is -2.40. The number of nitrogens with zero attached hydrogens (tertiary/aromatic N) is 1. The summed E-state index contributed by atoms with van der Waals surface area (Å²) in [4.78, 5) is 13.1. The molecule has 0 aliphatic heterocycles. The van der Waals surface area contributed by atoms with E-state index in [1.54, 1.807) is 24.3 Å². The topological polar surface area (TPSA) is 56.1 Å². The lowest BCUT2D eigenvalue weighted by Crippen LogP contribution is -2.19. The Bertz CT molecular complexity index is 1130. The van der Waals surface area contributed by atoms with Gasteiger partial charge in [-0.2, -0.15) is 0 Å². The minimum atomic E-state index is -3.88. The fourth-order valence-corrected chi connectivity index (χ4v) is 4.56. The van der Waals surface area contributed by atoms with Gasteiger partial charge in [-0.1, -0.05) is 44.0 Å². The van der Waals surface area contributed by atoms with E-state index >= 15 is 0 Å². The number of hydrogen-bond acceptors (Lipinski definition) is 3. The van der Waals surface area contributed by atoms with E-state index in [2.05, 4.69) is 6.92 Å². The van der Waals surface area contributed by atoms with Gasteiger partial charge < -0.3 is 4.57 Å². The fourth-order valence-electron chi connectivity index (χ4n) is 3.19. The van der Waals surface area contributed by atoms with Gasteiger partial charge in [0.2, 0.25) is 15.3 Å². The molecule has 4 nitrogen and oxygen atoms in total. The van der Waals surface area contributed by atoms with E-state index in [0.29, 0.717) is 11.9 Å². The fraction of sp³-hybridized carbons (Fsp3) is 0.318. The van der Waals surface area contributed by atoms with Crippen molar-refractivity contribution in [3.8, 4) is 0 Å². The molecule has 2 aromatic carbocycles. The summed E-state index contributed by atoms with van der Waals surface area (Å²) in [5, 5.41) is 0.471. The van der Waals surface area contributed by atoms with Crippen LogP contribution >= 0.6 is 0 Å². The summed E-state index contributed by atoms with van der Waals surface area (Å²) in [6.45, 7) is 6.68. The molecule has 27 heavy (non-hydrogen) atoms. The Morgan fingerprint density at radius 1 is 1.00 bits per heavy atom. The molecular weight excluding hydrogens is 358 g/mol. The van der Waals surface area contributed by atoms with Crippen LogP contribution in [0.2, 0.25) is 0 Å². The molecule has 0 fully saturated rings. The van der Waals surface area contributed by atoms with Crippen molar-refractivity contribution in [2.24, 2.45) is 0 Å². The van der Waals surface area contributed by atoms with Gasteiger partial charge in [0.1, 0.15) is 4.90 Å². The minimum Gasteiger partial charge on any atom is -0.346 e. The maximum atomic E-state index is 13.2. The Labute approximate surface area is 160 Å². The second kappa shape index (κ2) is 7.69. The summed E-state index contributed by atoms with van der Waals surface area (Å²) in [6.07, 6.45) is 4.21. The summed E-state index contributed by atoms with van der Waals surface area (Å²) >= 11 is 0. The number of pyridine rings is 1. The van der Waals surface area contributed by atoms with E-state index < -0.39 is 15.3 Å². The number of unbranched alkanes of at least 4 members (excludes halogenated alkanes) is 1. The van der Waals surface area contributed by atoms with Crippen molar-refractivity contribution in [1.82, 2.24) is 4.57 Å². The van der Waals surface area contributed by atoms with Crippen LogP contribution in [-0.4, -0.2) is 13.0 Å². The van der Waals surface area contributed by atoms with Crippen LogP contribution in [0.15, 0.2) is 63.2 Å². The van der Waals surface area contributed by atoms with Crippen molar-refractivity contribution in [2.75, 3.05) is 0 Å². The Morgan fingerprint density at radius 3 is 2.33 bits per heavy atom. The van der Waals surface area contributed by atoms with Crippen LogP contribution in [0, 0.1) is 6.92 Å². The number of rotatable bonds is 6. The molecule has 0 aliphatic carbocycles. The van der Waals surface area contributed by atoms with Gasteiger partial charge in [0.15, 0.2) is 0 Å². The Morgan fingerprint density at radius 2 is 1.70 bits per heavy atom. The highest BCUT2D eigenvalue weighted by Crippen LogP contribution is 2.23. The molecule has 0 saturated heterocycles. The molecular formula is C22H25NO3S. The maximum Gasteiger partial charge on any atom is 0.211 e. The summed E-state index contributed by atoms with van der Waals surface area (Å²) in [6, 6.07) is 12.4. The smallest absolute Gasteiger partial charge is 0.211 e. The SMILES string of the molecule is CCCCn1cc(S(=O)(=O)c2ccc(C)cc2)c(=O)c2cc(CC)ccc21. The van der Waals surface area contributed by atoms with Crippen molar-refractivity contribution >= 4 is 20.7 Å². The monoisotopic (exact) mass is 383 g/mol. The van der Waals surface area contributed by atoms with Crippen molar-refractivity contribution < 1.29 is 8.42 Å². The summed E-state index contributed by atoms with van der Waals surface area (Å²) < 4.78 is 28.3. The number of aromatic nitrogens is 1. The molecule has 1 aromatic heterocycles. The van der Waals surface area contributed by atoms with Gasteiger partial charge >= 0.3 is 0 Å². The number of hydrogen-bond donors (Lipinski definition) is 0. The first-order valence-corrected chi connectivity index (χ1v) is 10.8. The maximum absolute atomic E-state index is 13.2. The molecule has 0 radical (unpaired) electrons. The zero-order valence-corrected chi connectivity index (χ0v) is 16.8. The molecule has 0 spiro atoms. The molecule has 0 unspecified atom stereocenters. The van der Waals surface area contributed by atoms with E-state index in [9.17, 15) is 13.2 Å². The third-order valence-corrected chi connectivity index (χ3v) is 6.66. The molecule has 3 aromatic rings. The first kappa shape index (κ1) is 19.4. The average Bonchev–Trinajstić information content (AvgIpc) is 2.67. The molecule has 0 amide bonds. The van der Waals surface area contributed by atoms with E-state index in [4.69, 9.17) is 0 Å². The van der Waals surface area contributed by atoms with E-state index in [1.165, 1.54) is 6.20 Å². The van der Waals surface area contributed by atoms with Crippen LogP contribution in [0.5, 0.6) is 0 Å². The molecule has 0 N–H and O–H groups in total. The zero-order chi connectivity index (χ0) is 19.6. The molecule has 0 bridgehead atoms. The first-order chi connectivity index (χ1) is 12.9. The van der Waals surface area contributed by atoms with Crippen molar-refractivity contribution in [2.45, 2.75) is 56.4 Å². The normalized spacial score (nSPS) is 11.8. The van der Waals surface area contributed by atoms with E-state index in [-0.39, 0.29) is 9.79 Å². The number of fused-ring (bicyclic) bond motifs is 1. The Kier molecular flexibility index (Phi) is 5.51. The predicted octanol–water partition coefficient (Wildman–Crippen LogP) is 4.51. The van der Waals surface area contributed by atoms with Crippen LogP contribution in [0.4, 0.5) is 0 Å². The van der Waals surface area contributed by atoms with Crippen LogP contribution in [0.1, 0.15) is 37.8 Å². The van der Waals surface area contributed by atoms with Gasteiger partial charge in [-0.3, -0.25) is 4.79 Å². The van der Waals surface area contributed by atoms with Crippen LogP contribution in [-0.2, 0) is 22.8 Å². The lowest BCUT2D eigenvalue weighted by Gasteiger charge is -2.14. The summed E-state index contributed by atoms with van der Waals surface area (Å²) in [7, 11) is -3.88. The molecule has 3 rings (SSSR count). The highest BCUT2D eigenvalue weighted by molar-refractivity contribution is 7.91. The third kappa shape index (κ3) is 3.69. The molecule has 0 atom stereocenters. The van der Waals surface area contributed by atoms with E-state index in [0.717, 1.165) is 35.9 Å². The van der Waals surface area contributed by atoms with Gasteiger partial charge in [0.25, 0.3) is 0 Å². The van der Waals surface area contributed by atoms with Gasteiger partial charge in [0.05, 0.1) is 10.4 Å². The first-order valence-electron chi connectivity index (χ1n) is 9.36. The van der Waals surface area contributed by atoms with E-state index in [1.807, 2.05) is 36.6 Å². The largest absolute Gasteiger partial charge is 0.346 e. The zero-order valence-electron chi connectivity index (χ0n) is 16.0. The standard InChI is InChI=1S/C22H25NO3S/c1-4-6-13-23-15-21(27(25,26)18-10-7-16(3)8-11-18)22(24)19-14-17(5-2)9-12-20(19)23/h7-12,14-15H,4-6,13H2,1-3H3. The highest BCUT2D eigenvalue weighted by Gasteiger charge is 2.23. The summed E-state index contributed by atoms with van der Waals surface area (Å²) in [5.74, 6) is 0. The number of aryl methyl sites for hydroxylation is 3. The molecule has 1 heterocycles. The second-order valence-corrected chi connectivity index (χ2v) is 8.81. The quantitative estimate of drug-likeness (QED) is 0.629. The highest BCUT2D eigenvalue weighted by atomic mass is 32.2.